The minimum atomic E-state index is -3.50. The molecular weight excluding hydrogens is 373 g/mol. The first-order valence-corrected chi connectivity index (χ1v) is 10.1. The highest BCUT2D eigenvalue weighted by atomic mass is 32.2. The van der Waals surface area contributed by atoms with Gasteiger partial charge in [-0.3, -0.25) is 0 Å². The Hall–Kier alpha value is -2.30. The quantitative estimate of drug-likeness (QED) is 0.797. The molecule has 144 valence electrons. The molecule has 0 bridgehead atoms. The molecule has 1 aromatic carbocycles. The summed E-state index contributed by atoms with van der Waals surface area (Å²) in [6.45, 7) is 1.75. The molecule has 2 N–H and O–H groups in total. The average Bonchev–Trinajstić information content (AvgIpc) is 3.42. The normalized spacial score (nSPS) is 18.5. The van der Waals surface area contributed by atoms with Gasteiger partial charge in [-0.25, -0.2) is 22.5 Å². The molecule has 27 heavy (non-hydrogen) atoms. The van der Waals surface area contributed by atoms with Gasteiger partial charge in [0, 0.05) is 18.8 Å². The van der Waals surface area contributed by atoms with Crippen LogP contribution in [0.3, 0.4) is 0 Å². The van der Waals surface area contributed by atoms with Crippen molar-refractivity contribution in [1.82, 2.24) is 14.7 Å². The molecule has 1 saturated heterocycles. The predicted molar refractivity (Wildman–Crippen MR) is 98.1 cm³/mol. The van der Waals surface area contributed by atoms with Crippen LogP contribution in [0.4, 0.5) is 21.8 Å². The van der Waals surface area contributed by atoms with Crippen LogP contribution in [0.2, 0.25) is 0 Å². The number of morpholine rings is 1. The van der Waals surface area contributed by atoms with Crippen LogP contribution in [0, 0.1) is 5.82 Å². The molecule has 0 amide bonds. The monoisotopic (exact) mass is 393 g/mol. The number of benzene rings is 1. The van der Waals surface area contributed by atoms with E-state index in [1.165, 1.54) is 19.2 Å². The number of nitrogens with one attached hydrogen (secondary N) is 2. The van der Waals surface area contributed by atoms with E-state index in [9.17, 15) is 12.8 Å². The number of ether oxygens (including phenoxy) is 1. The Bertz CT molecular complexity index is 948. The molecule has 1 aromatic heterocycles. The standard InChI is InChI=1S/C17H20FN5O3S/c1-19-27(24,25)13-4-2-12(3-5-13)21-16-20-10-14(18)15(22-16)23-8-9-26-17(11-23)6-7-17/h2-5,10,19H,6-9,11H2,1H3,(H,20,21,22). The van der Waals surface area contributed by atoms with E-state index in [1.807, 2.05) is 4.90 Å². The number of anilines is 3. The molecule has 4 rings (SSSR count). The molecule has 2 heterocycles. The summed E-state index contributed by atoms with van der Waals surface area (Å²) in [5.41, 5.74) is 0.459. The third-order valence-corrected chi connectivity index (χ3v) is 6.20. The van der Waals surface area contributed by atoms with Crippen molar-refractivity contribution in [3.8, 4) is 0 Å². The summed E-state index contributed by atoms with van der Waals surface area (Å²) in [5, 5.41) is 2.98. The summed E-state index contributed by atoms with van der Waals surface area (Å²) < 4.78 is 45.8. The Morgan fingerprint density at radius 1 is 1.26 bits per heavy atom. The number of aromatic nitrogens is 2. The predicted octanol–water partition coefficient (Wildman–Crippen LogP) is 1.64. The SMILES string of the molecule is CNS(=O)(=O)c1ccc(Nc2ncc(F)c(N3CCOC4(CC4)C3)n2)cc1. The van der Waals surface area contributed by atoms with Gasteiger partial charge in [0.25, 0.3) is 0 Å². The van der Waals surface area contributed by atoms with E-state index in [-0.39, 0.29) is 22.3 Å². The van der Waals surface area contributed by atoms with Crippen molar-refractivity contribution in [3.63, 3.8) is 0 Å². The van der Waals surface area contributed by atoms with Gasteiger partial charge in [0.15, 0.2) is 11.6 Å². The van der Waals surface area contributed by atoms with Gasteiger partial charge >= 0.3 is 0 Å². The van der Waals surface area contributed by atoms with Gasteiger partial charge in [-0.1, -0.05) is 0 Å². The van der Waals surface area contributed by atoms with Gasteiger partial charge in [-0.05, 0) is 44.2 Å². The zero-order chi connectivity index (χ0) is 19.1. The summed E-state index contributed by atoms with van der Waals surface area (Å²) in [4.78, 5) is 10.3. The van der Waals surface area contributed by atoms with Gasteiger partial charge in [0.1, 0.15) is 0 Å². The number of halogens is 1. The smallest absolute Gasteiger partial charge is 0.240 e. The van der Waals surface area contributed by atoms with E-state index in [4.69, 9.17) is 4.74 Å². The average molecular weight is 393 g/mol. The Morgan fingerprint density at radius 3 is 2.67 bits per heavy atom. The molecular formula is C17H20FN5O3S. The Labute approximate surface area is 156 Å². The molecule has 2 aromatic rings. The zero-order valence-electron chi connectivity index (χ0n) is 14.8. The lowest BCUT2D eigenvalue weighted by Crippen LogP contribution is -2.44. The van der Waals surface area contributed by atoms with Crippen molar-refractivity contribution in [3.05, 3.63) is 36.3 Å². The van der Waals surface area contributed by atoms with Crippen molar-refractivity contribution in [2.75, 3.05) is 37.0 Å². The van der Waals surface area contributed by atoms with E-state index in [1.54, 1.807) is 12.1 Å². The molecule has 8 nitrogen and oxygen atoms in total. The second kappa shape index (κ2) is 6.70. The molecule has 1 aliphatic heterocycles. The fourth-order valence-corrected chi connectivity index (χ4v) is 3.80. The maximum Gasteiger partial charge on any atom is 0.240 e. The Kier molecular flexibility index (Phi) is 4.49. The van der Waals surface area contributed by atoms with E-state index < -0.39 is 15.8 Å². The fourth-order valence-electron chi connectivity index (χ4n) is 3.07. The molecule has 1 spiro atoms. The Balaban J connectivity index is 1.53. The number of sulfonamides is 1. The lowest BCUT2D eigenvalue weighted by Gasteiger charge is -2.34. The van der Waals surface area contributed by atoms with Gasteiger partial charge in [-0.15, -0.1) is 0 Å². The van der Waals surface area contributed by atoms with Gasteiger partial charge in [0.2, 0.25) is 16.0 Å². The maximum atomic E-state index is 14.3. The molecule has 10 heteroatoms. The lowest BCUT2D eigenvalue weighted by atomic mass is 10.2. The van der Waals surface area contributed by atoms with Crippen molar-refractivity contribution < 1.29 is 17.5 Å². The second-order valence-electron chi connectivity index (χ2n) is 6.68. The highest BCUT2D eigenvalue weighted by Gasteiger charge is 2.48. The van der Waals surface area contributed by atoms with Crippen molar-refractivity contribution in [1.29, 1.82) is 0 Å². The molecule has 2 aliphatic rings. The summed E-state index contributed by atoms with van der Waals surface area (Å²) in [7, 11) is -2.14. The van der Waals surface area contributed by atoms with E-state index in [2.05, 4.69) is 20.0 Å². The minimum absolute atomic E-state index is 0.141. The van der Waals surface area contributed by atoms with Crippen molar-refractivity contribution in [2.24, 2.45) is 0 Å². The van der Waals surface area contributed by atoms with Crippen LogP contribution in [0.25, 0.3) is 0 Å². The summed E-state index contributed by atoms with van der Waals surface area (Å²) >= 11 is 0. The van der Waals surface area contributed by atoms with Crippen LogP contribution in [0.5, 0.6) is 0 Å². The number of nitrogens with zero attached hydrogens (tertiary/aromatic N) is 3. The first-order chi connectivity index (χ1) is 12.9. The molecule has 1 aliphatic carbocycles. The second-order valence-corrected chi connectivity index (χ2v) is 8.56. The minimum Gasteiger partial charge on any atom is -0.371 e. The van der Waals surface area contributed by atoms with Crippen LogP contribution < -0.4 is 14.9 Å². The van der Waals surface area contributed by atoms with Crippen LogP contribution in [0.1, 0.15) is 12.8 Å². The number of rotatable bonds is 5. The zero-order valence-corrected chi connectivity index (χ0v) is 15.6. The lowest BCUT2D eigenvalue weighted by molar-refractivity contribution is 0.0201. The summed E-state index contributed by atoms with van der Waals surface area (Å²) in [6.07, 6.45) is 3.12. The van der Waals surface area contributed by atoms with Crippen LogP contribution in [0.15, 0.2) is 35.4 Å². The van der Waals surface area contributed by atoms with Gasteiger partial charge < -0.3 is 15.0 Å². The van der Waals surface area contributed by atoms with Crippen molar-refractivity contribution in [2.45, 2.75) is 23.3 Å². The number of hydrogen-bond donors (Lipinski definition) is 2. The molecule has 0 atom stereocenters. The van der Waals surface area contributed by atoms with Gasteiger partial charge in [0.05, 0.1) is 23.3 Å². The molecule has 1 saturated carbocycles. The van der Waals surface area contributed by atoms with Gasteiger partial charge in [-0.2, -0.15) is 4.98 Å². The van der Waals surface area contributed by atoms with Crippen LogP contribution >= 0.6 is 0 Å². The van der Waals surface area contributed by atoms with Crippen LogP contribution in [-0.2, 0) is 14.8 Å². The van der Waals surface area contributed by atoms with E-state index in [0.717, 1.165) is 19.0 Å². The molecule has 2 fully saturated rings. The first-order valence-electron chi connectivity index (χ1n) is 8.63. The highest BCUT2D eigenvalue weighted by Crippen LogP contribution is 2.42. The third kappa shape index (κ3) is 3.73. The maximum absolute atomic E-state index is 14.3. The fraction of sp³-hybridized carbons (Fsp3) is 0.412. The van der Waals surface area contributed by atoms with Crippen LogP contribution in [-0.4, -0.2) is 50.7 Å². The van der Waals surface area contributed by atoms with E-state index >= 15 is 0 Å². The summed E-state index contributed by atoms with van der Waals surface area (Å²) in [5.74, 6) is 0.0112. The number of hydrogen-bond acceptors (Lipinski definition) is 7. The molecule has 0 unspecified atom stereocenters. The first kappa shape index (κ1) is 18.1. The Morgan fingerprint density at radius 2 is 2.00 bits per heavy atom. The molecule has 0 radical (unpaired) electrons. The highest BCUT2D eigenvalue weighted by molar-refractivity contribution is 7.89. The third-order valence-electron chi connectivity index (χ3n) is 4.77. The van der Waals surface area contributed by atoms with E-state index in [0.29, 0.717) is 25.4 Å². The van der Waals surface area contributed by atoms with Crippen molar-refractivity contribution >= 4 is 27.5 Å². The largest absolute Gasteiger partial charge is 0.371 e. The topological polar surface area (TPSA) is 96.5 Å². The summed E-state index contributed by atoms with van der Waals surface area (Å²) in [6, 6.07) is 6.14.